The lowest BCUT2D eigenvalue weighted by Crippen LogP contribution is -2.28. The van der Waals surface area contributed by atoms with Gasteiger partial charge in [0, 0.05) is 16.6 Å². The van der Waals surface area contributed by atoms with Crippen molar-refractivity contribution in [2.75, 3.05) is 0 Å². The van der Waals surface area contributed by atoms with E-state index in [-0.39, 0.29) is 34.0 Å². The van der Waals surface area contributed by atoms with Crippen LogP contribution in [0.3, 0.4) is 0 Å². The van der Waals surface area contributed by atoms with Crippen LogP contribution < -0.4 is 5.56 Å². The summed E-state index contributed by atoms with van der Waals surface area (Å²) in [5.74, 6) is -0.880. The van der Waals surface area contributed by atoms with Gasteiger partial charge in [-0.2, -0.15) is 5.26 Å². The Morgan fingerprint density at radius 3 is 2.64 bits per heavy atom. The Labute approximate surface area is 171 Å². The Kier molecular flexibility index (Phi) is 5.33. The summed E-state index contributed by atoms with van der Waals surface area (Å²) in [5.41, 5.74) is 0.415. The lowest BCUT2D eigenvalue weighted by molar-refractivity contribution is 0.103. The van der Waals surface area contributed by atoms with E-state index < -0.39 is 17.2 Å². The largest absolute Gasteiger partial charge is 0.494 e. The lowest BCUT2D eigenvalue weighted by atomic mass is 10.00. The molecule has 0 bridgehead atoms. The van der Waals surface area contributed by atoms with Crippen LogP contribution in [0.1, 0.15) is 45.8 Å². The van der Waals surface area contributed by atoms with Gasteiger partial charge in [0.15, 0.2) is 0 Å². The van der Waals surface area contributed by atoms with Crippen LogP contribution in [0.4, 0.5) is 0 Å². The number of carbonyl (C=O) groups is 1. The van der Waals surface area contributed by atoms with Gasteiger partial charge in [-0.25, -0.2) is 0 Å². The first kappa shape index (κ1) is 20.1. The van der Waals surface area contributed by atoms with Crippen LogP contribution in [0.5, 0.6) is 5.88 Å². The molecular weight excluding hydrogens is 396 g/mol. The van der Waals surface area contributed by atoms with Crippen molar-refractivity contribution in [3.8, 4) is 11.9 Å². The molecule has 0 atom stereocenters. The Morgan fingerprint density at radius 1 is 1.36 bits per heavy atom. The molecule has 144 valence electrons. The van der Waals surface area contributed by atoms with Crippen molar-refractivity contribution < 1.29 is 9.90 Å². The summed E-state index contributed by atoms with van der Waals surface area (Å²) in [6, 6.07) is 7.58. The van der Waals surface area contributed by atoms with Gasteiger partial charge in [0.05, 0.1) is 15.5 Å². The average molecular weight is 415 g/mol. The summed E-state index contributed by atoms with van der Waals surface area (Å²) in [6.45, 7) is 7.40. The van der Waals surface area contributed by atoms with Crippen molar-refractivity contribution >= 4 is 38.8 Å². The molecule has 5 nitrogen and oxygen atoms in total. The second-order valence-corrected chi connectivity index (χ2v) is 8.62. The molecule has 0 amide bonds. The molecule has 0 aliphatic heterocycles. The number of nitriles is 1. The highest BCUT2D eigenvalue weighted by Gasteiger charge is 2.28. The summed E-state index contributed by atoms with van der Waals surface area (Å²) < 4.78 is 1.95. The number of fused-ring (bicyclic) bond motifs is 1. The predicted molar refractivity (Wildman–Crippen MR) is 112 cm³/mol. The minimum atomic E-state index is -0.596. The van der Waals surface area contributed by atoms with Crippen LogP contribution in [0.2, 0.25) is 5.02 Å². The average Bonchev–Trinajstić information content (AvgIpc) is 2.94. The molecule has 7 heteroatoms. The fraction of sp³-hybridized carbons (Fsp3) is 0.286. The van der Waals surface area contributed by atoms with Crippen molar-refractivity contribution in [1.29, 1.82) is 5.26 Å². The zero-order valence-corrected chi connectivity index (χ0v) is 17.5. The van der Waals surface area contributed by atoms with Crippen LogP contribution in [0.25, 0.3) is 10.1 Å². The predicted octanol–water partition coefficient (Wildman–Crippen LogP) is 4.80. The molecule has 2 aromatic heterocycles. The van der Waals surface area contributed by atoms with Gasteiger partial charge in [0.25, 0.3) is 5.56 Å². The van der Waals surface area contributed by atoms with Gasteiger partial charge in [0.2, 0.25) is 11.7 Å². The van der Waals surface area contributed by atoms with E-state index in [0.717, 1.165) is 20.2 Å². The highest BCUT2D eigenvalue weighted by Crippen LogP contribution is 2.38. The monoisotopic (exact) mass is 414 g/mol. The molecule has 2 heterocycles. The summed E-state index contributed by atoms with van der Waals surface area (Å²) >= 11 is 7.70. The van der Waals surface area contributed by atoms with E-state index in [2.05, 4.69) is 0 Å². The van der Waals surface area contributed by atoms with Gasteiger partial charge < -0.3 is 5.11 Å². The van der Waals surface area contributed by atoms with Gasteiger partial charge in [-0.15, -0.1) is 11.3 Å². The maximum atomic E-state index is 13.3. The number of aromatic nitrogens is 1. The number of ketones is 1. The first-order valence-corrected chi connectivity index (χ1v) is 9.96. The van der Waals surface area contributed by atoms with Gasteiger partial charge >= 0.3 is 0 Å². The van der Waals surface area contributed by atoms with Crippen LogP contribution in [0.15, 0.2) is 23.0 Å². The van der Waals surface area contributed by atoms with Crippen molar-refractivity contribution in [3.05, 3.63) is 60.7 Å². The van der Waals surface area contributed by atoms with Crippen molar-refractivity contribution in [2.24, 2.45) is 5.92 Å². The highest BCUT2D eigenvalue weighted by molar-refractivity contribution is 7.21. The van der Waals surface area contributed by atoms with Crippen LogP contribution in [-0.2, 0) is 6.54 Å². The summed E-state index contributed by atoms with van der Waals surface area (Å²) in [4.78, 5) is 26.2. The van der Waals surface area contributed by atoms with E-state index in [1.54, 1.807) is 0 Å². The number of carbonyl (C=O) groups excluding carboxylic acids is 1. The number of hydrogen-bond donors (Lipinski definition) is 1. The second-order valence-electron chi connectivity index (χ2n) is 7.19. The van der Waals surface area contributed by atoms with E-state index in [4.69, 9.17) is 11.6 Å². The first-order chi connectivity index (χ1) is 13.2. The number of hydrogen-bond acceptors (Lipinski definition) is 5. The maximum Gasteiger partial charge on any atom is 0.271 e. The third-order valence-corrected chi connectivity index (χ3v) is 6.22. The zero-order chi connectivity index (χ0) is 20.7. The number of halogens is 1. The third-order valence-electron chi connectivity index (χ3n) is 4.57. The third kappa shape index (κ3) is 3.21. The van der Waals surface area contributed by atoms with Gasteiger partial charge in [-0.1, -0.05) is 37.6 Å². The summed E-state index contributed by atoms with van der Waals surface area (Å²) in [5, 5.41) is 21.3. The van der Waals surface area contributed by atoms with Crippen molar-refractivity contribution in [1.82, 2.24) is 4.57 Å². The Hall–Kier alpha value is -2.62. The maximum absolute atomic E-state index is 13.3. The standard InChI is InChI=1S/C21H19ClN2O3S/c1-10(2)9-24-20(26)14(8-23)12(4)16(21(24)27)18(25)19-17(22)13-6-5-11(3)7-15(13)28-19/h5-7,10,27H,9H2,1-4H3. The summed E-state index contributed by atoms with van der Waals surface area (Å²) in [6.07, 6.45) is 0. The van der Waals surface area contributed by atoms with Crippen LogP contribution >= 0.6 is 22.9 Å². The molecule has 3 rings (SSSR count). The lowest BCUT2D eigenvalue weighted by Gasteiger charge is -2.16. The normalized spacial score (nSPS) is 11.2. The minimum absolute atomic E-state index is 0.0386. The minimum Gasteiger partial charge on any atom is -0.494 e. The van der Waals surface area contributed by atoms with E-state index >= 15 is 0 Å². The van der Waals surface area contributed by atoms with Crippen molar-refractivity contribution in [2.45, 2.75) is 34.2 Å². The number of aryl methyl sites for hydroxylation is 1. The Bertz CT molecular complexity index is 1220. The quantitative estimate of drug-likeness (QED) is 0.621. The fourth-order valence-electron chi connectivity index (χ4n) is 3.19. The molecule has 0 fully saturated rings. The van der Waals surface area contributed by atoms with Crippen LogP contribution in [-0.4, -0.2) is 15.5 Å². The molecule has 1 N–H and O–H groups in total. The van der Waals surface area contributed by atoms with E-state index in [0.29, 0.717) is 5.02 Å². The number of benzene rings is 1. The Morgan fingerprint density at radius 2 is 2.04 bits per heavy atom. The van der Waals surface area contributed by atoms with Gasteiger partial charge in [0.1, 0.15) is 11.6 Å². The van der Waals surface area contributed by atoms with Crippen molar-refractivity contribution in [3.63, 3.8) is 0 Å². The second kappa shape index (κ2) is 7.42. The van der Waals surface area contributed by atoms with E-state index in [1.807, 2.05) is 45.0 Å². The molecule has 1 aromatic carbocycles. The molecule has 28 heavy (non-hydrogen) atoms. The molecule has 0 radical (unpaired) electrons. The molecule has 0 spiro atoms. The SMILES string of the molecule is Cc1ccc2c(Cl)c(C(=O)c3c(C)c(C#N)c(=O)n(CC(C)C)c3O)sc2c1. The number of thiophene rings is 1. The fourth-order valence-corrected chi connectivity index (χ4v) is 4.75. The smallest absolute Gasteiger partial charge is 0.271 e. The number of pyridine rings is 1. The molecular formula is C21H19ClN2O3S. The molecule has 0 aliphatic rings. The van der Waals surface area contributed by atoms with E-state index in [9.17, 15) is 20.0 Å². The highest BCUT2D eigenvalue weighted by atomic mass is 35.5. The molecule has 0 saturated heterocycles. The number of rotatable bonds is 4. The summed E-state index contributed by atoms with van der Waals surface area (Å²) in [7, 11) is 0. The number of nitrogens with zero attached hydrogens (tertiary/aromatic N) is 2. The topological polar surface area (TPSA) is 83.1 Å². The zero-order valence-electron chi connectivity index (χ0n) is 16.0. The van der Waals surface area contributed by atoms with Crippen LogP contribution in [0, 0.1) is 31.1 Å². The molecule has 0 unspecified atom stereocenters. The molecule has 3 aromatic rings. The Balaban J connectivity index is 2.29. The molecule has 0 aliphatic carbocycles. The van der Waals surface area contributed by atoms with Gasteiger partial charge in [-0.3, -0.25) is 14.2 Å². The number of aromatic hydroxyl groups is 1. The van der Waals surface area contributed by atoms with E-state index in [1.165, 1.54) is 18.3 Å². The first-order valence-electron chi connectivity index (χ1n) is 8.77. The molecule has 0 saturated carbocycles. The van der Waals surface area contributed by atoms with Gasteiger partial charge in [-0.05, 0) is 37.0 Å².